The van der Waals surface area contributed by atoms with Crippen molar-refractivity contribution in [3.05, 3.63) is 71.7 Å². The maximum absolute atomic E-state index is 4.43. The Labute approximate surface area is 118 Å². The predicted octanol–water partition coefficient (Wildman–Crippen LogP) is 3.25. The van der Waals surface area contributed by atoms with Gasteiger partial charge in [0.1, 0.15) is 0 Å². The molecule has 0 amide bonds. The molecule has 0 radical (unpaired) electrons. The van der Waals surface area contributed by atoms with Crippen LogP contribution >= 0.6 is 0 Å². The topological polar surface area (TPSA) is 37.8 Å². The van der Waals surface area contributed by atoms with Gasteiger partial charge in [0.2, 0.25) is 0 Å². The van der Waals surface area contributed by atoms with Crippen molar-refractivity contribution in [3.8, 4) is 0 Å². The second kappa shape index (κ2) is 5.39. The molecule has 3 heteroatoms. The van der Waals surface area contributed by atoms with E-state index in [1.165, 1.54) is 16.7 Å². The highest BCUT2D eigenvalue weighted by molar-refractivity contribution is 5.79. The fourth-order valence-corrected chi connectivity index (χ4v) is 2.57. The molecule has 100 valence electrons. The van der Waals surface area contributed by atoms with E-state index >= 15 is 0 Å². The molecule has 0 aliphatic heterocycles. The normalized spacial score (nSPS) is 12.5. The number of fused-ring (bicyclic) bond motifs is 1. The molecule has 0 saturated heterocycles. The fourth-order valence-electron chi connectivity index (χ4n) is 2.57. The Morgan fingerprint density at radius 3 is 2.80 bits per heavy atom. The molecule has 2 heterocycles. The Kier molecular flexibility index (Phi) is 3.44. The van der Waals surface area contributed by atoms with Gasteiger partial charge in [0.25, 0.3) is 0 Å². The zero-order chi connectivity index (χ0) is 13.9. The lowest BCUT2D eigenvalue weighted by atomic mass is 9.95. The Hall–Kier alpha value is -2.26. The van der Waals surface area contributed by atoms with Gasteiger partial charge in [-0.1, -0.05) is 18.2 Å². The molecular formula is C17H17N3. The van der Waals surface area contributed by atoms with E-state index < -0.39 is 0 Å². The van der Waals surface area contributed by atoms with Gasteiger partial charge in [0.05, 0.1) is 11.6 Å². The summed E-state index contributed by atoms with van der Waals surface area (Å²) in [6.45, 7) is 2.09. The van der Waals surface area contributed by atoms with E-state index in [1.807, 2.05) is 31.7 Å². The number of hydrogen-bond acceptors (Lipinski definition) is 3. The average Bonchev–Trinajstić information content (AvgIpc) is 2.50. The summed E-state index contributed by atoms with van der Waals surface area (Å²) in [5, 5.41) is 4.55. The van der Waals surface area contributed by atoms with Gasteiger partial charge in [-0.05, 0) is 48.9 Å². The number of aryl methyl sites for hydroxylation is 1. The monoisotopic (exact) mass is 263 g/mol. The lowest BCUT2D eigenvalue weighted by molar-refractivity contribution is 0.687. The smallest absolute Gasteiger partial charge is 0.0705 e. The molecule has 1 unspecified atom stereocenters. The summed E-state index contributed by atoms with van der Waals surface area (Å²) >= 11 is 0. The fraction of sp³-hybridized carbons (Fsp3) is 0.176. The van der Waals surface area contributed by atoms with E-state index in [2.05, 4.69) is 52.5 Å². The van der Waals surface area contributed by atoms with Crippen LogP contribution in [0.2, 0.25) is 0 Å². The van der Waals surface area contributed by atoms with Crippen molar-refractivity contribution in [2.75, 3.05) is 7.05 Å². The molecule has 2 aromatic heterocycles. The first kappa shape index (κ1) is 12.8. The molecule has 20 heavy (non-hydrogen) atoms. The Balaban J connectivity index is 2.10. The molecule has 0 fully saturated rings. The maximum atomic E-state index is 4.43. The SMILES string of the molecule is CNC(c1ccc2cccnc2c1)c1ccncc1C. The molecule has 3 rings (SSSR count). The van der Waals surface area contributed by atoms with Crippen molar-refractivity contribution in [1.29, 1.82) is 0 Å². The quantitative estimate of drug-likeness (QED) is 0.788. The molecule has 1 N–H and O–H groups in total. The molecule has 3 nitrogen and oxygen atoms in total. The number of benzene rings is 1. The first-order valence-corrected chi connectivity index (χ1v) is 6.72. The molecule has 0 bridgehead atoms. The van der Waals surface area contributed by atoms with Crippen LogP contribution in [-0.2, 0) is 0 Å². The maximum Gasteiger partial charge on any atom is 0.0705 e. The third-order valence-electron chi connectivity index (χ3n) is 3.63. The molecule has 0 spiro atoms. The van der Waals surface area contributed by atoms with Crippen molar-refractivity contribution in [2.45, 2.75) is 13.0 Å². The lowest BCUT2D eigenvalue weighted by Crippen LogP contribution is -2.18. The van der Waals surface area contributed by atoms with Gasteiger partial charge in [0.15, 0.2) is 0 Å². The summed E-state index contributed by atoms with van der Waals surface area (Å²) in [7, 11) is 1.98. The average molecular weight is 263 g/mol. The largest absolute Gasteiger partial charge is 0.309 e. The summed E-state index contributed by atoms with van der Waals surface area (Å²) < 4.78 is 0. The van der Waals surface area contributed by atoms with E-state index in [0.29, 0.717) is 0 Å². The second-order valence-corrected chi connectivity index (χ2v) is 4.91. The van der Waals surface area contributed by atoms with E-state index in [-0.39, 0.29) is 6.04 Å². The first-order chi connectivity index (χ1) is 9.79. The van der Waals surface area contributed by atoms with Crippen molar-refractivity contribution in [1.82, 2.24) is 15.3 Å². The van der Waals surface area contributed by atoms with E-state index in [1.54, 1.807) is 0 Å². The van der Waals surface area contributed by atoms with Crippen molar-refractivity contribution >= 4 is 10.9 Å². The molecule has 0 aliphatic rings. The number of rotatable bonds is 3. The van der Waals surface area contributed by atoms with Crippen LogP contribution in [-0.4, -0.2) is 17.0 Å². The zero-order valence-electron chi connectivity index (χ0n) is 11.7. The third-order valence-corrected chi connectivity index (χ3v) is 3.63. The highest BCUT2D eigenvalue weighted by Crippen LogP contribution is 2.26. The summed E-state index contributed by atoms with van der Waals surface area (Å²) in [6.07, 6.45) is 5.57. The van der Waals surface area contributed by atoms with Crippen LogP contribution in [0.3, 0.4) is 0 Å². The third kappa shape index (κ3) is 2.28. The Morgan fingerprint density at radius 1 is 1.10 bits per heavy atom. The van der Waals surface area contributed by atoms with Crippen LogP contribution < -0.4 is 5.32 Å². The van der Waals surface area contributed by atoms with E-state index in [0.717, 1.165) is 10.9 Å². The number of aromatic nitrogens is 2. The number of pyridine rings is 2. The van der Waals surface area contributed by atoms with Crippen LogP contribution in [0, 0.1) is 6.92 Å². The summed E-state index contributed by atoms with van der Waals surface area (Å²) in [5.41, 5.74) is 4.68. The van der Waals surface area contributed by atoms with Gasteiger partial charge >= 0.3 is 0 Å². The van der Waals surface area contributed by atoms with Crippen LogP contribution in [0.4, 0.5) is 0 Å². The van der Waals surface area contributed by atoms with Crippen LogP contribution in [0.15, 0.2) is 55.0 Å². The van der Waals surface area contributed by atoms with Gasteiger partial charge in [-0.15, -0.1) is 0 Å². The predicted molar refractivity (Wildman–Crippen MR) is 81.6 cm³/mol. The van der Waals surface area contributed by atoms with Gasteiger partial charge in [-0.3, -0.25) is 9.97 Å². The minimum atomic E-state index is 0.157. The van der Waals surface area contributed by atoms with Gasteiger partial charge in [-0.25, -0.2) is 0 Å². The van der Waals surface area contributed by atoms with Crippen molar-refractivity contribution in [2.24, 2.45) is 0 Å². The summed E-state index contributed by atoms with van der Waals surface area (Å²) in [5.74, 6) is 0. The van der Waals surface area contributed by atoms with Crippen LogP contribution in [0.5, 0.6) is 0 Å². The minimum Gasteiger partial charge on any atom is -0.309 e. The lowest BCUT2D eigenvalue weighted by Gasteiger charge is -2.19. The van der Waals surface area contributed by atoms with Crippen molar-refractivity contribution < 1.29 is 0 Å². The first-order valence-electron chi connectivity index (χ1n) is 6.72. The summed E-state index contributed by atoms with van der Waals surface area (Å²) in [6, 6.07) is 12.7. The van der Waals surface area contributed by atoms with E-state index in [9.17, 15) is 0 Å². The molecule has 1 aromatic carbocycles. The number of nitrogens with one attached hydrogen (secondary N) is 1. The molecule has 0 aliphatic carbocycles. The highest BCUT2D eigenvalue weighted by atomic mass is 14.9. The molecular weight excluding hydrogens is 246 g/mol. The van der Waals surface area contributed by atoms with Crippen molar-refractivity contribution in [3.63, 3.8) is 0 Å². The minimum absolute atomic E-state index is 0.157. The van der Waals surface area contributed by atoms with Gasteiger partial charge < -0.3 is 5.32 Å². The van der Waals surface area contributed by atoms with Crippen LogP contribution in [0.1, 0.15) is 22.7 Å². The van der Waals surface area contributed by atoms with Gasteiger partial charge in [0, 0.05) is 24.0 Å². The molecule has 3 aromatic rings. The Bertz CT molecular complexity index is 737. The summed E-state index contributed by atoms with van der Waals surface area (Å²) in [4.78, 5) is 8.60. The molecule has 0 saturated carbocycles. The standard InChI is InChI=1S/C17H17N3/c1-12-11-19-9-7-15(12)17(18-2)14-6-5-13-4-3-8-20-16(13)10-14/h3-11,17-18H,1-2H3. The van der Waals surface area contributed by atoms with Crippen LogP contribution in [0.25, 0.3) is 10.9 Å². The van der Waals surface area contributed by atoms with E-state index in [4.69, 9.17) is 0 Å². The number of hydrogen-bond donors (Lipinski definition) is 1. The second-order valence-electron chi connectivity index (χ2n) is 4.91. The van der Waals surface area contributed by atoms with Gasteiger partial charge in [-0.2, -0.15) is 0 Å². The zero-order valence-corrected chi connectivity index (χ0v) is 11.7. The Morgan fingerprint density at radius 2 is 2.00 bits per heavy atom. The highest BCUT2D eigenvalue weighted by Gasteiger charge is 2.14. The molecule has 1 atom stereocenters. The number of nitrogens with zero attached hydrogens (tertiary/aromatic N) is 2.